The van der Waals surface area contributed by atoms with E-state index in [1.807, 2.05) is 11.0 Å². The lowest BCUT2D eigenvalue weighted by molar-refractivity contribution is -0.132. The number of amides is 1. The Kier molecular flexibility index (Phi) is 4.40. The van der Waals surface area contributed by atoms with Crippen LogP contribution < -0.4 is 5.32 Å². The number of piperazine rings is 1. The number of carboxylic acids is 1. The van der Waals surface area contributed by atoms with Crippen molar-refractivity contribution >= 4 is 11.9 Å². The van der Waals surface area contributed by atoms with E-state index in [1.54, 1.807) is 12.1 Å². The van der Waals surface area contributed by atoms with Gasteiger partial charge in [0, 0.05) is 52.2 Å². The van der Waals surface area contributed by atoms with Crippen LogP contribution in [0.5, 0.6) is 0 Å². The van der Waals surface area contributed by atoms with Crippen molar-refractivity contribution in [3.63, 3.8) is 0 Å². The molecule has 118 valence electrons. The van der Waals surface area contributed by atoms with Crippen LogP contribution in [0.2, 0.25) is 0 Å². The maximum absolute atomic E-state index is 12.2. The van der Waals surface area contributed by atoms with Crippen molar-refractivity contribution in [2.45, 2.75) is 19.5 Å². The van der Waals surface area contributed by atoms with Gasteiger partial charge in [0.1, 0.15) is 0 Å². The Morgan fingerprint density at radius 3 is 2.59 bits per heavy atom. The first-order chi connectivity index (χ1) is 10.6. The molecular formula is C16H21N3O3. The third kappa shape index (κ3) is 3.28. The van der Waals surface area contributed by atoms with Crippen molar-refractivity contribution in [3.05, 3.63) is 34.9 Å². The molecule has 0 spiro atoms. The molecule has 6 heteroatoms. The number of nitrogens with one attached hydrogen (secondary N) is 1. The quantitative estimate of drug-likeness (QED) is 0.848. The maximum Gasteiger partial charge on any atom is 0.335 e. The average molecular weight is 303 g/mol. The normalized spacial score (nSPS) is 18.3. The summed E-state index contributed by atoms with van der Waals surface area (Å²) in [6.07, 6.45) is 0.528. The van der Waals surface area contributed by atoms with Crippen molar-refractivity contribution in [2.75, 3.05) is 32.7 Å². The number of aromatic carboxylic acids is 1. The molecule has 0 aromatic heterocycles. The number of benzene rings is 1. The number of carboxylic acid groups (broad SMARTS) is 1. The lowest BCUT2D eigenvalue weighted by atomic mass is 10.1. The number of carbonyl (C=O) groups is 2. The van der Waals surface area contributed by atoms with E-state index in [9.17, 15) is 9.59 Å². The van der Waals surface area contributed by atoms with Crippen molar-refractivity contribution in [1.29, 1.82) is 0 Å². The van der Waals surface area contributed by atoms with Crippen LogP contribution in [0.1, 0.15) is 27.9 Å². The molecule has 3 rings (SSSR count). The van der Waals surface area contributed by atoms with Crippen molar-refractivity contribution in [1.82, 2.24) is 15.1 Å². The molecule has 1 aromatic rings. The predicted molar refractivity (Wildman–Crippen MR) is 81.6 cm³/mol. The van der Waals surface area contributed by atoms with Gasteiger partial charge in [-0.3, -0.25) is 9.69 Å². The summed E-state index contributed by atoms with van der Waals surface area (Å²) in [6.45, 7) is 5.58. The number of fused-ring (bicyclic) bond motifs is 1. The second kappa shape index (κ2) is 6.46. The molecule has 1 saturated heterocycles. The largest absolute Gasteiger partial charge is 0.478 e. The Balaban J connectivity index is 1.53. The van der Waals surface area contributed by atoms with Gasteiger partial charge in [-0.2, -0.15) is 0 Å². The molecule has 0 bridgehead atoms. The molecule has 0 saturated carbocycles. The van der Waals surface area contributed by atoms with Crippen LogP contribution in [0.3, 0.4) is 0 Å². The third-order valence-electron chi connectivity index (χ3n) is 4.35. The van der Waals surface area contributed by atoms with Gasteiger partial charge in [0.15, 0.2) is 0 Å². The van der Waals surface area contributed by atoms with Crippen LogP contribution in [-0.2, 0) is 17.9 Å². The molecule has 22 heavy (non-hydrogen) atoms. The zero-order chi connectivity index (χ0) is 15.5. The second-order valence-corrected chi connectivity index (χ2v) is 5.88. The smallest absolute Gasteiger partial charge is 0.335 e. The minimum absolute atomic E-state index is 0.212. The fourth-order valence-electron chi connectivity index (χ4n) is 3.08. The van der Waals surface area contributed by atoms with E-state index in [0.29, 0.717) is 12.0 Å². The number of hydrogen-bond acceptors (Lipinski definition) is 4. The number of hydrogen-bond donors (Lipinski definition) is 2. The van der Waals surface area contributed by atoms with Gasteiger partial charge in [0.2, 0.25) is 5.91 Å². The van der Waals surface area contributed by atoms with Gasteiger partial charge >= 0.3 is 5.97 Å². The maximum atomic E-state index is 12.2. The molecule has 2 heterocycles. The minimum Gasteiger partial charge on any atom is -0.478 e. The van der Waals surface area contributed by atoms with Crippen LogP contribution in [0.25, 0.3) is 0 Å². The Hall–Kier alpha value is -1.92. The first kappa shape index (κ1) is 15.0. The topological polar surface area (TPSA) is 72.9 Å². The van der Waals surface area contributed by atoms with Crippen LogP contribution in [0.4, 0.5) is 0 Å². The molecule has 2 aliphatic rings. The van der Waals surface area contributed by atoms with Crippen molar-refractivity contribution < 1.29 is 14.7 Å². The van der Waals surface area contributed by atoms with Crippen LogP contribution in [0, 0.1) is 0 Å². The molecule has 1 aromatic carbocycles. The van der Waals surface area contributed by atoms with Gasteiger partial charge in [-0.15, -0.1) is 0 Å². The zero-order valence-corrected chi connectivity index (χ0v) is 12.5. The molecule has 6 nitrogen and oxygen atoms in total. The summed E-state index contributed by atoms with van der Waals surface area (Å²) < 4.78 is 0. The van der Waals surface area contributed by atoms with Gasteiger partial charge in [0.05, 0.1) is 5.56 Å². The molecule has 1 fully saturated rings. The molecule has 0 radical (unpaired) electrons. The van der Waals surface area contributed by atoms with Gasteiger partial charge < -0.3 is 15.3 Å². The first-order valence-corrected chi connectivity index (χ1v) is 7.69. The fraction of sp³-hybridized carbons (Fsp3) is 0.500. The monoisotopic (exact) mass is 303 g/mol. The summed E-state index contributed by atoms with van der Waals surface area (Å²) in [4.78, 5) is 27.3. The van der Waals surface area contributed by atoms with Crippen molar-refractivity contribution in [2.24, 2.45) is 0 Å². The van der Waals surface area contributed by atoms with E-state index in [-0.39, 0.29) is 5.91 Å². The van der Waals surface area contributed by atoms with Gasteiger partial charge in [-0.1, -0.05) is 6.07 Å². The summed E-state index contributed by atoms with van der Waals surface area (Å²) in [5.41, 5.74) is 2.56. The molecule has 0 atom stereocenters. The highest BCUT2D eigenvalue weighted by Crippen LogP contribution is 2.24. The van der Waals surface area contributed by atoms with Crippen LogP contribution in [-0.4, -0.2) is 59.5 Å². The highest BCUT2D eigenvalue weighted by Gasteiger charge is 2.22. The summed E-state index contributed by atoms with van der Waals surface area (Å²) in [5.74, 6) is -0.682. The van der Waals surface area contributed by atoms with E-state index in [1.165, 1.54) is 5.56 Å². The van der Waals surface area contributed by atoms with Gasteiger partial charge in [-0.05, 0) is 23.3 Å². The Morgan fingerprint density at radius 2 is 1.86 bits per heavy atom. The Labute approximate surface area is 129 Å². The summed E-state index contributed by atoms with van der Waals surface area (Å²) in [5, 5.41) is 12.3. The number of nitrogens with zero attached hydrogens (tertiary/aromatic N) is 2. The molecular weight excluding hydrogens is 282 g/mol. The highest BCUT2D eigenvalue weighted by molar-refractivity contribution is 5.88. The van der Waals surface area contributed by atoms with E-state index in [4.69, 9.17) is 5.11 Å². The molecule has 2 N–H and O–H groups in total. The van der Waals surface area contributed by atoms with E-state index in [0.717, 1.165) is 51.4 Å². The van der Waals surface area contributed by atoms with Crippen LogP contribution in [0.15, 0.2) is 18.2 Å². The summed E-state index contributed by atoms with van der Waals surface area (Å²) >= 11 is 0. The summed E-state index contributed by atoms with van der Waals surface area (Å²) in [7, 11) is 0. The van der Waals surface area contributed by atoms with Gasteiger partial charge in [-0.25, -0.2) is 4.79 Å². The average Bonchev–Trinajstić information content (AvgIpc) is 2.95. The van der Waals surface area contributed by atoms with Crippen LogP contribution >= 0.6 is 0 Å². The lowest BCUT2D eigenvalue weighted by Crippen LogP contribution is -2.46. The van der Waals surface area contributed by atoms with Gasteiger partial charge in [0.25, 0.3) is 0 Å². The standard InChI is InChI=1S/C16H21N3O3/c20-15(19-7-4-17-5-8-19)3-6-18-10-13-2-1-12(16(21)22)9-14(13)11-18/h1-2,9,17H,3-8,10-11H2,(H,21,22). The van der Waals surface area contributed by atoms with Crippen molar-refractivity contribution in [3.8, 4) is 0 Å². The Bertz CT molecular complexity index is 582. The molecule has 0 aliphatic carbocycles. The molecule has 1 amide bonds. The number of rotatable bonds is 4. The fourth-order valence-corrected chi connectivity index (χ4v) is 3.08. The minimum atomic E-state index is -0.893. The van der Waals surface area contributed by atoms with E-state index in [2.05, 4.69) is 10.2 Å². The number of carbonyl (C=O) groups excluding carboxylic acids is 1. The molecule has 2 aliphatic heterocycles. The summed E-state index contributed by atoms with van der Waals surface area (Å²) in [6, 6.07) is 5.28. The zero-order valence-electron chi connectivity index (χ0n) is 12.5. The third-order valence-corrected chi connectivity index (χ3v) is 4.35. The molecule has 0 unspecified atom stereocenters. The van der Waals surface area contributed by atoms with E-state index < -0.39 is 5.97 Å². The SMILES string of the molecule is O=C(O)c1ccc2c(c1)CN(CCC(=O)N1CCNCC1)C2. The first-order valence-electron chi connectivity index (χ1n) is 7.69. The lowest BCUT2D eigenvalue weighted by Gasteiger charge is -2.28. The second-order valence-electron chi connectivity index (χ2n) is 5.88. The predicted octanol–water partition coefficient (Wildman–Crippen LogP) is 0.522. The van der Waals surface area contributed by atoms with E-state index >= 15 is 0 Å². The Morgan fingerprint density at radius 1 is 1.14 bits per heavy atom. The highest BCUT2D eigenvalue weighted by atomic mass is 16.4.